The van der Waals surface area contributed by atoms with Crippen LogP contribution >= 0.6 is 22.9 Å². The van der Waals surface area contributed by atoms with E-state index in [2.05, 4.69) is 20.0 Å². The molecule has 0 aromatic carbocycles. The van der Waals surface area contributed by atoms with Crippen LogP contribution in [-0.4, -0.2) is 54.9 Å². The van der Waals surface area contributed by atoms with Gasteiger partial charge in [-0.3, -0.25) is 9.78 Å². The van der Waals surface area contributed by atoms with Gasteiger partial charge in [0.25, 0.3) is 10.0 Å². The number of thiophene rings is 1. The molecule has 3 aromatic heterocycles. The highest BCUT2D eigenvalue weighted by Crippen LogP contribution is 2.29. The Bertz CT molecular complexity index is 1140. The Kier molecular flexibility index (Phi) is 5.68. The summed E-state index contributed by atoms with van der Waals surface area (Å²) in [5.41, 5.74) is 0.919. The molecule has 1 aliphatic rings. The molecule has 4 heterocycles. The lowest BCUT2D eigenvalue weighted by molar-refractivity contribution is -0.128. The van der Waals surface area contributed by atoms with Gasteiger partial charge in [0.15, 0.2) is 0 Å². The van der Waals surface area contributed by atoms with E-state index in [1.54, 1.807) is 35.5 Å². The van der Waals surface area contributed by atoms with Crippen LogP contribution in [0.3, 0.4) is 0 Å². The molecule has 0 bridgehead atoms. The van der Waals surface area contributed by atoms with E-state index in [-0.39, 0.29) is 10.1 Å². The Balaban J connectivity index is 1.38. The minimum atomic E-state index is -3.82. The molecule has 2 N–H and O–H groups in total. The van der Waals surface area contributed by atoms with Gasteiger partial charge in [0.2, 0.25) is 5.91 Å². The number of pyridine rings is 2. The molecule has 29 heavy (non-hydrogen) atoms. The third kappa shape index (κ3) is 4.50. The highest BCUT2D eigenvalue weighted by atomic mass is 35.5. The molecule has 1 saturated heterocycles. The highest BCUT2D eigenvalue weighted by molar-refractivity contribution is 7.91. The number of likely N-dealkylation sites (tertiary alicyclic amines) is 1. The summed E-state index contributed by atoms with van der Waals surface area (Å²) in [6.45, 7) is 1.57. The smallest absolute Gasteiger partial charge is 0.250 e. The Morgan fingerprint density at radius 3 is 2.83 bits per heavy atom. The van der Waals surface area contributed by atoms with Crippen LogP contribution in [0.25, 0.3) is 10.2 Å². The molecular formula is C18H18ClN5O3S2. The molecule has 1 fully saturated rings. The van der Waals surface area contributed by atoms with Crippen molar-refractivity contribution >= 4 is 54.8 Å². The first-order valence-electron chi connectivity index (χ1n) is 8.93. The number of nitrogens with zero attached hydrogens (tertiary/aromatic N) is 3. The Morgan fingerprint density at radius 1 is 1.24 bits per heavy atom. The number of nitrogens with one attached hydrogen (secondary N) is 2. The number of anilines is 1. The quantitative estimate of drug-likeness (QED) is 0.534. The number of fused-ring (bicyclic) bond motifs is 1. The van der Waals surface area contributed by atoms with Gasteiger partial charge >= 0.3 is 0 Å². The molecule has 1 aliphatic heterocycles. The zero-order valence-electron chi connectivity index (χ0n) is 15.2. The third-order valence-corrected chi connectivity index (χ3v) is 7.78. The van der Waals surface area contributed by atoms with Crippen molar-refractivity contribution in [1.82, 2.24) is 19.6 Å². The SMILES string of the molecule is O=C1[C@@H](NS(=O)(=O)c2cc3ccc(Cl)nc3s2)CCN1CCNc1ccncc1. The van der Waals surface area contributed by atoms with Crippen molar-refractivity contribution in [3.05, 3.63) is 47.9 Å². The first-order valence-corrected chi connectivity index (χ1v) is 11.6. The molecule has 0 radical (unpaired) electrons. The van der Waals surface area contributed by atoms with E-state index in [4.69, 9.17) is 11.6 Å². The van der Waals surface area contributed by atoms with Gasteiger partial charge in [-0.05, 0) is 36.8 Å². The summed E-state index contributed by atoms with van der Waals surface area (Å²) in [6.07, 6.45) is 3.81. The zero-order chi connectivity index (χ0) is 20.4. The fraction of sp³-hybridized carbons (Fsp3) is 0.278. The lowest BCUT2D eigenvalue weighted by Crippen LogP contribution is -2.42. The first kappa shape index (κ1) is 20.0. The van der Waals surface area contributed by atoms with Gasteiger partial charge < -0.3 is 10.2 Å². The minimum absolute atomic E-state index is 0.118. The van der Waals surface area contributed by atoms with Crippen molar-refractivity contribution in [3.8, 4) is 0 Å². The van der Waals surface area contributed by atoms with Crippen molar-refractivity contribution in [2.45, 2.75) is 16.7 Å². The number of aromatic nitrogens is 2. The van der Waals surface area contributed by atoms with E-state index >= 15 is 0 Å². The monoisotopic (exact) mass is 451 g/mol. The van der Waals surface area contributed by atoms with Crippen LogP contribution in [-0.2, 0) is 14.8 Å². The van der Waals surface area contributed by atoms with E-state index in [1.165, 1.54) is 0 Å². The lowest BCUT2D eigenvalue weighted by atomic mass is 10.3. The lowest BCUT2D eigenvalue weighted by Gasteiger charge is -2.17. The standard InChI is InChI=1S/C18H18ClN5O3S2/c19-15-2-1-12-11-16(28-17(12)22-15)29(26,27)23-14-5-9-24(18(14)25)10-8-21-13-3-6-20-7-4-13/h1-4,6-7,11,14,23H,5,8-10H2,(H,20,21)/t14-/m0/s1. The second-order valence-corrected chi connectivity index (χ2v) is 9.90. The van der Waals surface area contributed by atoms with Crippen LogP contribution < -0.4 is 10.0 Å². The van der Waals surface area contributed by atoms with Crippen molar-refractivity contribution in [3.63, 3.8) is 0 Å². The van der Waals surface area contributed by atoms with Gasteiger partial charge in [0.05, 0.1) is 0 Å². The van der Waals surface area contributed by atoms with Crippen LogP contribution in [0.15, 0.2) is 46.9 Å². The predicted molar refractivity (Wildman–Crippen MR) is 113 cm³/mol. The third-order valence-electron chi connectivity index (χ3n) is 4.58. The van der Waals surface area contributed by atoms with Gasteiger partial charge in [-0.25, -0.2) is 13.4 Å². The number of hydrogen-bond acceptors (Lipinski definition) is 7. The summed E-state index contributed by atoms with van der Waals surface area (Å²) in [5.74, 6) is -0.215. The fourth-order valence-corrected chi connectivity index (χ4v) is 5.90. The molecule has 11 heteroatoms. The molecule has 3 aromatic rings. The average molecular weight is 452 g/mol. The van der Waals surface area contributed by atoms with Crippen LogP contribution in [0.1, 0.15) is 6.42 Å². The normalized spacial score (nSPS) is 17.2. The maximum atomic E-state index is 12.7. The predicted octanol–water partition coefficient (Wildman–Crippen LogP) is 2.34. The summed E-state index contributed by atoms with van der Waals surface area (Å²) >= 11 is 6.90. The summed E-state index contributed by atoms with van der Waals surface area (Å²) < 4.78 is 28.1. The van der Waals surface area contributed by atoms with Crippen LogP contribution in [0.4, 0.5) is 5.69 Å². The molecule has 8 nitrogen and oxygen atoms in total. The number of rotatable bonds is 7. The topological polar surface area (TPSA) is 104 Å². The molecule has 152 valence electrons. The Morgan fingerprint density at radius 2 is 2.03 bits per heavy atom. The molecule has 1 atom stereocenters. The average Bonchev–Trinajstić information content (AvgIpc) is 3.27. The number of hydrogen-bond donors (Lipinski definition) is 2. The van der Waals surface area contributed by atoms with E-state index in [9.17, 15) is 13.2 Å². The van der Waals surface area contributed by atoms with E-state index in [0.29, 0.717) is 41.4 Å². The maximum Gasteiger partial charge on any atom is 0.250 e. The van der Waals surface area contributed by atoms with E-state index in [0.717, 1.165) is 17.0 Å². The fourth-order valence-electron chi connectivity index (χ4n) is 3.13. The van der Waals surface area contributed by atoms with Crippen LogP contribution in [0.2, 0.25) is 5.15 Å². The molecule has 0 spiro atoms. The number of halogens is 1. The number of carbonyl (C=O) groups is 1. The second-order valence-electron chi connectivity index (χ2n) is 6.54. The van der Waals surface area contributed by atoms with Crippen LogP contribution in [0.5, 0.6) is 0 Å². The Labute approximate surface area is 177 Å². The van der Waals surface area contributed by atoms with Gasteiger partial charge in [0, 0.05) is 43.1 Å². The molecule has 4 rings (SSSR count). The first-order chi connectivity index (χ1) is 13.9. The summed E-state index contributed by atoms with van der Waals surface area (Å²) in [7, 11) is -3.82. The van der Waals surface area contributed by atoms with Crippen molar-refractivity contribution in [2.24, 2.45) is 0 Å². The molecule has 0 saturated carbocycles. The minimum Gasteiger partial charge on any atom is -0.383 e. The number of carbonyl (C=O) groups excluding carboxylic acids is 1. The van der Waals surface area contributed by atoms with E-state index in [1.807, 2.05) is 12.1 Å². The van der Waals surface area contributed by atoms with Crippen molar-refractivity contribution < 1.29 is 13.2 Å². The summed E-state index contributed by atoms with van der Waals surface area (Å²) in [6, 6.07) is 7.80. The van der Waals surface area contributed by atoms with Gasteiger partial charge in [-0.15, -0.1) is 11.3 Å². The largest absolute Gasteiger partial charge is 0.383 e. The molecule has 0 aliphatic carbocycles. The maximum absolute atomic E-state index is 12.7. The molecular weight excluding hydrogens is 434 g/mol. The Hall–Kier alpha value is -2.27. The van der Waals surface area contributed by atoms with E-state index < -0.39 is 16.1 Å². The van der Waals surface area contributed by atoms with Gasteiger partial charge in [0.1, 0.15) is 20.2 Å². The highest BCUT2D eigenvalue weighted by Gasteiger charge is 2.35. The van der Waals surface area contributed by atoms with Crippen LogP contribution in [0, 0.1) is 0 Å². The molecule has 0 unspecified atom stereocenters. The van der Waals surface area contributed by atoms with Crippen molar-refractivity contribution in [1.29, 1.82) is 0 Å². The second kappa shape index (κ2) is 8.23. The summed E-state index contributed by atoms with van der Waals surface area (Å²) in [5, 5.41) is 4.21. The summed E-state index contributed by atoms with van der Waals surface area (Å²) in [4.78, 5) is 22.9. The van der Waals surface area contributed by atoms with Gasteiger partial charge in [-0.2, -0.15) is 4.72 Å². The number of sulfonamides is 1. The number of amides is 1. The molecule has 1 amide bonds. The van der Waals surface area contributed by atoms with Crippen molar-refractivity contribution in [2.75, 3.05) is 25.0 Å². The zero-order valence-corrected chi connectivity index (χ0v) is 17.6. The van der Waals surface area contributed by atoms with Gasteiger partial charge in [-0.1, -0.05) is 11.6 Å².